The van der Waals surface area contributed by atoms with Crippen LogP contribution in [-0.2, 0) is 18.3 Å². The van der Waals surface area contributed by atoms with Gasteiger partial charge in [0.05, 0.1) is 5.41 Å². The molecule has 0 spiro atoms. The van der Waals surface area contributed by atoms with Gasteiger partial charge >= 0.3 is 0 Å². The molecule has 11 rings (SSSR count). The van der Waals surface area contributed by atoms with Crippen LogP contribution in [0, 0.1) is 0 Å². The summed E-state index contributed by atoms with van der Waals surface area (Å²) in [5.74, 6) is 0. The quantitative estimate of drug-likeness (QED) is 0.139. The highest BCUT2D eigenvalue weighted by molar-refractivity contribution is 6.07. The second-order valence-electron chi connectivity index (χ2n) is 16.5. The highest BCUT2D eigenvalue weighted by atomic mass is 16.3. The van der Waals surface area contributed by atoms with Crippen LogP contribution in [0.15, 0.2) is 179 Å². The van der Waals surface area contributed by atoms with Crippen LogP contribution >= 0.6 is 0 Å². The summed E-state index contributed by atoms with van der Waals surface area (Å²) in [6.45, 7) is 4.54. The average molecular weight is 763 g/mol. The van der Waals surface area contributed by atoms with E-state index in [1.165, 1.54) is 92.4 Å². The smallest absolute Gasteiger partial charge is 0.135 e. The molecule has 0 amide bonds. The Kier molecular flexibility index (Phi) is 8.62. The van der Waals surface area contributed by atoms with E-state index in [1.54, 1.807) is 0 Å². The Bertz CT molecular complexity index is 2960. The van der Waals surface area contributed by atoms with Gasteiger partial charge in [-0.15, -0.1) is 0 Å². The lowest BCUT2D eigenvalue weighted by Gasteiger charge is -2.34. The monoisotopic (exact) mass is 762 g/mol. The summed E-state index contributed by atoms with van der Waals surface area (Å²) in [6.07, 6.45) is 6.97. The first-order valence-corrected chi connectivity index (χ1v) is 21.4. The van der Waals surface area contributed by atoms with Crippen molar-refractivity contribution in [2.45, 2.75) is 57.8 Å². The predicted octanol–water partition coefficient (Wildman–Crippen LogP) is 15.9. The lowest BCUT2D eigenvalue weighted by atomic mass is 9.67. The van der Waals surface area contributed by atoms with Crippen molar-refractivity contribution in [3.8, 4) is 33.4 Å². The summed E-state index contributed by atoms with van der Waals surface area (Å²) in [5.41, 5.74) is 18.5. The molecule has 0 fully saturated rings. The molecule has 2 nitrogen and oxygen atoms in total. The fraction of sp³-hybridized carbons (Fsp3) is 0.158. The van der Waals surface area contributed by atoms with Crippen LogP contribution in [0.4, 0.5) is 0 Å². The minimum Gasteiger partial charge on any atom is -0.456 e. The Morgan fingerprint density at radius 3 is 1.20 bits per heavy atom. The van der Waals surface area contributed by atoms with Gasteiger partial charge in [-0.05, 0) is 141 Å². The number of fused-ring (bicyclic) bond motifs is 9. The largest absolute Gasteiger partial charge is 0.456 e. The van der Waals surface area contributed by atoms with Gasteiger partial charge < -0.3 is 8.83 Å². The number of unbranched alkanes of at least 4 members (excludes halogenated alkanes) is 2. The van der Waals surface area contributed by atoms with Gasteiger partial charge in [0.25, 0.3) is 0 Å². The van der Waals surface area contributed by atoms with E-state index < -0.39 is 5.41 Å². The van der Waals surface area contributed by atoms with Crippen molar-refractivity contribution in [2.24, 2.45) is 0 Å². The normalized spacial score (nSPS) is 13.1. The van der Waals surface area contributed by atoms with E-state index in [1.807, 2.05) is 12.1 Å². The van der Waals surface area contributed by atoms with E-state index in [4.69, 9.17) is 8.83 Å². The standard InChI is InChI=1S/C57H46O2/c1-3-5-11-37-17-25-43(26-18-37)57(44-27-19-38(20-28-44)12-6-4-2)51-29-21-39(41-23-31-55-49(35-41)45-13-7-9-15-53(45)58-55)33-47(51)48-34-40(22-30-52(48)57)42-24-32-56-50(36-42)46-14-8-10-16-54(46)59-56/h7-10,13-36H,3-6,11-12H2,1-2H3. The molecule has 0 atom stereocenters. The molecular weight excluding hydrogens is 717 g/mol. The molecular formula is C57H46O2. The molecule has 1 aliphatic carbocycles. The van der Waals surface area contributed by atoms with Crippen molar-refractivity contribution in [3.05, 3.63) is 203 Å². The third-order valence-corrected chi connectivity index (χ3v) is 13.0. The lowest BCUT2D eigenvalue weighted by molar-refractivity contribution is 0.668. The second kappa shape index (κ2) is 14.3. The molecule has 1 aliphatic rings. The van der Waals surface area contributed by atoms with Crippen molar-refractivity contribution in [3.63, 3.8) is 0 Å². The van der Waals surface area contributed by atoms with Gasteiger partial charge in [0.2, 0.25) is 0 Å². The summed E-state index contributed by atoms with van der Waals surface area (Å²) in [6, 6.07) is 63.5. The molecule has 2 heterocycles. The Balaban J connectivity index is 1.14. The summed E-state index contributed by atoms with van der Waals surface area (Å²) in [7, 11) is 0. The molecule has 2 aromatic heterocycles. The Labute approximate surface area is 345 Å². The number of rotatable bonds is 10. The van der Waals surface area contributed by atoms with Crippen LogP contribution in [0.5, 0.6) is 0 Å². The van der Waals surface area contributed by atoms with Gasteiger partial charge in [0.1, 0.15) is 22.3 Å². The number of hydrogen-bond donors (Lipinski definition) is 0. The zero-order valence-corrected chi connectivity index (χ0v) is 33.7. The van der Waals surface area contributed by atoms with E-state index >= 15 is 0 Å². The van der Waals surface area contributed by atoms with Crippen LogP contribution in [0.1, 0.15) is 72.9 Å². The van der Waals surface area contributed by atoms with Crippen LogP contribution in [0.3, 0.4) is 0 Å². The average Bonchev–Trinajstić information content (AvgIpc) is 3.95. The van der Waals surface area contributed by atoms with Crippen LogP contribution in [-0.4, -0.2) is 0 Å². The SMILES string of the molecule is CCCCc1ccc(C2(c3ccc(CCCC)cc3)c3ccc(-c4ccc5oc6ccccc6c5c4)cc3-c3cc(-c4ccc5oc6ccccc6c5c4)ccc32)cc1. The van der Waals surface area contributed by atoms with Gasteiger partial charge in [0, 0.05) is 21.5 Å². The van der Waals surface area contributed by atoms with Crippen molar-refractivity contribution in [1.82, 2.24) is 0 Å². The van der Waals surface area contributed by atoms with E-state index in [9.17, 15) is 0 Å². The Hall–Kier alpha value is -6.64. The minimum absolute atomic E-state index is 0.496. The van der Waals surface area contributed by atoms with E-state index in [-0.39, 0.29) is 0 Å². The number of furan rings is 2. The van der Waals surface area contributed by atoms with Crippen molar-refractivity contribution in [1.29, 1.82) is 0 Å². The molecule has 2 heteroatoms. The molecule has 0 saturated carbocycles. The second-order valence-corrected chi connectivity index (χ2v) is 16.5. The molecule has 0 aliphatic heterocycles. The summed E-state index contributed by atoms with van der Waals surface area (Å²) >= 11 is 0. The molecule has 0 radical (unpaired) electrons. The van der Waals surface area contributed by atoms with Gasteiger partial charge in [-0.25, -0.2) is 0 Å². The number of para-hydroxylation sites is 2. The fourth-order valence-electron chi connectivity index (χ4n) is 9.90. The summed E-state index contributed by atoms with van der Waals surface area (Å²) < 4.78 is 12.5. The molecule has 8 aromatic carbocycles. The first-order valence-electron chi connectivity index (χ1n) is 21.4. The van der Waals surface area contributed by atoms with Gasteiger partial charge in [-0.3, -0.25) is 0 Å². The van der Waals surface area contributed by atoms with Crippen LogP contribution < -0.4 is 0 Å². The molecule has 0 saturated heterocycles. The number of aryl methyl sites for hydroxylation is 2. The zero-order chi connectivity index (χ0) is 39.5. The Morgan fingerprint density at radius 1 is 0.373 bits per heavy atom. The highest BCUT2D eigenvalue weighted by Gasteiger charge is 2.46. The van der Waals surface area contributed by atoms with Crippen molar-refractivity contribution in [2.75, 3.05) is 0 Å². The third kappa shape index (κ3) is 5.76. The molecule has 0 bridgehead atoms. The predicted molar refractivity (Wildman–Crippen MR) is 246 cm³/mol. The topological polar surface area (TPSA) is 26.3 Å². The Morgan fingerprint density at radius 2 is 0.763 bits per heavy atom. The van der Waals surface area contributed by atoms with Crippen molar-refractivity contribution >= 4 is 43.9 Å². The molecule has 59 heavy (non-hydrogen) atoms. The fourth-order valence-corrected chi connectivity index (χ4v) is 9.90. The highest BCUT2D eigenvalue weighted by Crippen LogP contribution is 2.57. The minimum atomic E-state index is -0.496. The van der Waals surface area contributed by atoms with Gasteiger partial charge in [0.15, 0.2) is 0 Å². The van der Waals surface area contributed by atoms with Crippen molar-refractivity contribution < 1.29 is 8.83 Å². The maximum atomic E-state index is 6.24. The van der Waals surface area contributed by atoms with E-state index in [0.717, 1.165) is 56.7 Å². The van der Waals surface area contributed by atoms with Gasteiger partial charge in [-0.1, -0.05) is 148 Å². The molecule has 0 unspecified atom stereocenters. The first kappa shape index (κ1) is 35.5. The van der Waals surface area contributed by atoms with E-state index in [0.29, 0.717) is 0 Å². The third-order valence-electron chi connectivity index (χ3n) is 13.0. The number of hydrogen-bond acceptors (Lipinski definition) is 2. The first-order chi connectivity index (χ1) is 29.1. The summed E-state index contributed by atoms with van der Waals surface area (Å²) in [4.78, 5) is 0. The van der Waals surface area contributed by atoms with Crippen LogP contribution in [0.2, 0.25) is 0 Å². The molecule has 286 valence electrons. The maximum absolute atomic E-state index is 6.24. The van der Waals surface area contributed by atoms with Crippen LogP contribution in [0.25, 0.3) is 77.3 Å². The maximum Gasteiger partial charge on any atom is 0.135 e. The number of benzene rings is 8. The molecule has 10 aromatic rings. The lowest BCUT2D eigenvalue weighted by Crippen LogP contribution is -2.28. The molecule has 0 N–H and O–H groups in total. The van der Waals surface area contributed by atoms with Gasteiger partial charge in [-0.2, -0.15) is 0 Å². The summed E-state index contributed by atoms with van der Waals surface area (Å²) in [5, 5.41) is 4.58. The van der Waals surface area contributed by atoms with E-state index in [2.05, 4.69) is 172 Å². The zero-order valence-electron chi connectivity index (χ0n) is 33.7.